The third-order valence-electron chi connectivity index (χ3n) is 4.36. The van der Waals surface area contributed by atoms with Gasteiger partial charge in [-0.05, 0) is 58.7 Å². The van der Waals surface area contributed by atoms with Gasteiger partial charge in [-0.3, -0.25) is 9.59 Å². The average Bonchev–Trinajstić information content (AvgIpc) is 2.69. The molecule has 2 aromatic rings. The number of ether oxygens (including phenoxy) is 1. The summed E-state index contributed by atoms with van der Waals surface area (Å²) in [7, 11) is 0. The van der Waals surface area contributed by atoms with E-state index < -0.39 is 0 Å². The Bertz CT molecular complexity index is 837. The van der Waals surface area contributed by atoms with Crippen molar-refractivity contribution in [3.63, 3.8) is 0 Å². The predicted octanol–water partition coefficient (Wildman–Crippen LogP) is 6.26. The summed E-state index contributed by atoms with van der Waals surface area (Å²) in [6.07, 6.45) is 4.59. The number of carbonyl (C=O) groups is 2. The fourth-order valence-corrected chi connectivity index (χ4v) is 3.13. The first-order chi connectivity index (χ1) is 13.9. The summed E-state index contributed by atoms with van der Waals surface area (Å²) in [4.78, 5) is 24.4. The lowest BCUT2D eigenvalue weighted by molar-refractivity contribution is -0.118. The average molecular weight is 461 g/mol. The van der Waals surface area contributed by atoms with Crippen LogP contribution in [-0.2, 0) is 4.79 Å². The molecule has 2 N–H and O–H groups in total. The maximum absolute atomic E-state index is 12.6. The molecule has 29 heavy (non-hydrogen) atoms. The van der Waals surface area contributed by atoms with Crippen molar-refractivity contribution in [1.29, 1.82) is 0 Å². The van der Waals surface area contributed by atoms with Crippen LogP contribution in [0.2, 0.25) is 0 Å². The lowest BCUT2D eigenvalue weighted by atomic mass is 10.2. The van der Waals surface area contributed by atoms with Crippen LogP contribution in [0.15, 0.2) is 46.9 Å². The number of unbranched alkanes of at least 4 members (excludes halogenated alkanes) is 3. The molecule has 0 atom stereocenters. The van der Waals surface area contributed by atoms with Crippen molar-refractivity contribution < 1.29 is 14.3 Å². The van der Waals surface area contributed by atoms with Crippen molar-refractivity contribution in [3.8, 4) is 5.75 Å². The molecule has 0 unspecified atom stereocenters. The van der Waals surface area contributed by atoms with E-state index in [0.717, 1.165) is 23.1 Å². The molecule has 156 valence electrons. The Labute approximate surface area is 181 Å². The minimum absolute atomic E-state index is 0.0670. The molecule has 2 aromatic carbocycles. The van der Waals surface area contributed by atoms with E-state index in [9.17, 15) is 9.59 Å². The quantitative estimate of drug-likeness (QED) is 0.411. The topological polar surface area (TPSA) is 67.4 Å². The van der Waals surface area contributed by atoms with Gasteiger partial charge >= 0.3 is 0 Å². The summed E-state index contributed by atoms with van der Waals surface area (Å²) in [6.45, 7) is 6.51. The Morgan fingerprint density at radius 1 is 1.00 bits per heavy atom. The van der Waals surface area contributed by atoms with Crippen molar-refractivity contribution in [1.82, 2.24) is 0 Å². The van der Waals surface area contributed by atoms with Gasteiger partial charge < -0.3 is 15.4 Å². The van der Waals surface area contributed by atoms with Gasteiger partial charge in [0.2, 0.25) is 5.91 Å². The number of rotatable bonds is 10. The molecule has 0 heterocycles. The SMILES string of the molecule is CCCCCCOc1ccc(C(=O)Nc2cccc(NC(=O)C(C)C)c2)cc1Br. The van der Waals surface area contributed by atoms with E-state index in [-0.39, 0.29) is 17.7 Å². The number of carbonyl (C=O) groups excluding carboxylic acids is 2. The molecule has 0 bridgehead atoms. The van der Waals surface area contributed by atoms with Crippen molar-refractivity contribution in [2.75, 3.05) is 17.2 Å². The number of hydrogen-bond donors (Lipinski definition) is 2. The molecule has 0 fully saturated rings. The molecule has 0 radical (unpaired) electrons. The lowest BCUT2D eigenvalue weighted by Crippen LogP contribution is -2.18. The summed E-state index contributed by atoms with van der Waals surface area (Å²) in [5, 5.41) is 5.69. The second-order valence-electron chi connectivity index (χ2n) is 7.23. The van der Waals surface area contributed by atoms with Crippen LogP contribution in [0.4, 0.5) is 11.4 Å². The van der Waals surface area contributed by atoms with Gasteiger partial charge in [-0.2, -0.15) is 0 Å². The van der Waals surface area contributed by atoms with E-state index in [1.54, 1.807) is 42.5 Å². The summed E-state index contributed by atoms with van der Waals surface area (Å²) in [5.74, 6) is 0.324. The molecule has 0 aromatic heterocycles. The van der Waals surface area contributed by atoms with E-state index in [0.29, 0.717) is 23.5 Å². The molecule has 0 saturated heterocycles. The molecule has 0 spiro atoms. The van der Waals surface area contributed by atoms with Gasteiger partial charge in [0.05, 0.1) is 11.1 Å². The van der Waals surface area contributed by atoms with Gasteiger partial charge in [0.1, 0.15) is 5.75 Å². The Morgan fingerprint density at radius 2 is 1.72 bits per heavy atom. The highest BCUT2D eigenvalue weighted by Gasteiger charge is 2.11. The van der Waals surface area contributed by atoms with Crippen molar-refractivity contribution in [3.05, 3.63) is 52.5 Å². The standard InChI is InChI=1S/C23H29BrN2O3/c1-4-5-6-7-13-29-21-12-11-17(14-20(21)24)23(28)26-19-10-8-9-18(15-19)25-22(27)16(2)3/h8-12,14-16H,4-7,13H2,1-3H3,(H,25,27)(H,26,28). The zero-order valence-electron chi connectivity index (χ0n) is 17.3. The molecular weight excluding hydrogens is 432 g/mol. The fourth-order valence-electron chi connectivity index (χ4n) is 2.63. The fraction of sp³-hybridized carbons (Fsp3) is 0.391. The highest BCUT2D eigenvalue weighted by atomic mass is 79.9. The number of amides is 2. The van der Waals surface area contributed by atoms with Crippen LogP contribution in [0.5, 0.6) is 5.75 Å². The Morgan fingerprint density at radius 3 is 2.38 bits per heavy atom. The lowest BCUT2D eigenvalue weighted by Gasteiger charge is -2.12. The molecule has 0 aliphatic heterocycles. The summed E-state index contributed by atoms with van der Waals surface area (Å²) in [6, 6.07) is 12.4. The maximum Gasteiger partial charge on any atom is 0.255 e. The summed E-state index contributed by atoms with van der Waals surface area (Å²) >= 11 is 3.48. The van der Waals surface area contributed by atoms with E-state index in [2.05, 4.69) is 33.5 Å². The zero-order chi connectivity index (χ0) is 21.2. The Kier molecular flexibility index (Phi) is 9.19. The predicted molar refractivity (Wildman–Crippen MR) is 122 cm³/mol. The number of halogens is 1. The zero-order valence-corrected chi connectivity index (χ0v) is 18.8. The number of hydrogen-bond acceptors (Lipinski definition) is 3. The molecule has 0 aliphatic rings. The van der Waals surface area contributed by atoms with E-state index in [1.165, 1.54) is 12.8 Å². The monoisotopic (exact) mass is 460 g/mol. The van der Waals surface area contributed by atoms with Crippen LogP contribution in [0, 0.1) is 5.92 Å². The van der Waals surface area contributed by atoms with Crippen LogP contribution in [-0.4, -0.2) is 18.4 Å². The maximum atomic E-state index is 12.6. The van der Waals surface area contributed by atoms with E-state index in [4.69, 9.17) is 4.74 Å². The van der Waals surface area contributed by atoms with Gasteiger partial charge in [0, 0.05) is 22.9 Å². The normalized spacial score (nSPS) is 10.7. The molecule has 0 saturated carbocycles. The van der Waals surface area contributed by atoms with Crippen LogP contribution >= 0.6 is 15.9 Å². The van der Waals surface area contributed by atoms with Crippen LogP contribution in [0.1, 0.15) is 56.8 Å². The van der Waals surface area contributed by atoms with Crippen LogP contribution in [0.25, 0.3) is 0 Å². The van der Waals surface area contributed by atoms with Crippen LogP contribution < -0.4 is 15.4 Å². The van der Waals surface area contributed by atoms with E-state index >= 15 is 0 Å². The van der Waals surface area contributed by atoms with Gasteiger partial charge in [0.15, 0.2) is 0 Å². The van der Waals surface area contributed by atoms with Gasteiger partial charge in [-0.15, -0.1) is 0 Å². The van der Waals surface area contributed by atoms with Crippen molar-refractivity contribution in [2.24, 2.45) is 5.92 Å². The molecule has 6 heteroatoms. The third-order valence-corrected chi connectivity index (χ3v) is 4.98. The Hall–Kier alpha value is -2.34. The minimum Gasteiger partial charge on any atom is -0.492 e. The number of nitrogens with one attached hydrogen (secondary N) is 2. The second-order valence-corrected chi connectivity index (χ2v) is 8.09. The van der Waals surface area contributed by atoms with Gasteiger partial charge in [-0.25, -0.2) is 0 Å². The molecule has 2 rings (SSSR count). The van der Waals surface area contributed by atoms with Crippen LogP contribution in [0.3, 0.4) is 0 Å². The number of anilines is 2. The molecule has 0 aliphatic carbocycles. The Balaban J connectivity index is 1.97. The van der Waals surface area contributed by atoms with Crippen molar-refractivity contribution in [2.45, 2.75) is 46.5 Å². The summed E-state index contributed by atoms with van der Waals surface area (Å²) < 4.78 is 6.54. The highest BCUT2D eigenvalue weighted by molar-refractivity contribution is 9.10. The first-order valence-corrected chi connectivity index (χ1v) is 10.8. The smallest absolute Gasteiger partial charge is 0.255 e. The second kappa shape index (κ2) is 11.6. The minimum atomic E-state index is -0.229. The van der Waals surface area contributed by atoms with E-state index in [1.807, 2.05) is 13.8 Å². The van der Waals surface area contributed by atoms with Gasteiger partial charge in [-0.1, -0.05) is 46.1 Å². The summed E-state index contributed by atoms with van der Waals surface area (Å²) in [5.41, 5.74) is 1.78. The largest absolute Gasteiger partial charge is 0.492 e. The molecular formula is C23H29BrN2O3. The van der Waals surface area contributed by atoms with Gasteiger partial charge in [0.25, 0.3) is 5.91 Å². The molecule has 2 amide bonds. The molecule has 5 nitrogen and oxygen atoms in total. The van der Waals surface area contributed by atoms with Crippen molar-refractivity contribution >= 4 is 39.1 Å². The highest BCUT2D eigenvalue weighted by Crippen LogP contribution is 2.27. The first kappa shape index (κ1) is 22.9. The third kappa shape index (κ3) is 7.54. The first-order valence-electron chi connectivity index (χ1n) is 10.0. The number of benzene rings is 2.